The molecule has 0 aliphatic carbocycles. The number of halogens is 1. The number of thioether (sulfide) groups is 1. The fourth-order valence-electron chi connectivity index (χ4n) is 1.23. The SMILES string of the molecule is NCCSc1n[nH]c(-c2ccccc2Br)n1. The number of nitrogens with one attached hydrogen (secondary N) is 1. The molecule has 0 fully saturated rings. The minimum absolute atomic E-state index is 0.629. The average Bonchev–Trinajstić information content (AvgIpc) is 2.75. The van der Waals surface area contributed by atoms with E-state index in [4.69, 9.17) is 5.73 Å². The quantitative estimate of drug-likeness (QED) is 0.850. The highest BCUT2D eigenvalue weighted by Gasteiger charge is 2.08. The Kier molecular flexibility index (Phi) is 3.98. The van der Waals surface area contributed by atoms with E-state index in [1.807, 2.05) is 24.3 Å². The van der Waals surface area contributed by atoms with Gasteiger partial charge in [0.05, 0.1) is 0 Å². The molecule has 0 saturated carbocycles. The molecular weight excluding hydrogens is 288 g/mol. The van der Waals surface area contributed by atoms with Crippen molar-refractivity contribution in [1.29, 1.82) is 0 Å². The molecule has 3 N–H and O–H groups in total. The van der Waals surface area contributed by atoms with Crippen LogP contribution in [0.4, 0.5) is 0 Å². The van der Waals surface area contributed by atoms with Crippen LogP contribution in [0.2, 0.25) is 0 Å². The van der Waals surface area contributed by atoms with Gasteiger partial charge >= 0.3 is 0 Å². The molecule has 2 aromatic rings. The first-order valence-electron chi connectivity index (χ1n) is 4.81. The van der Waals surface area contributed by atoms with E-state index in [2.05, 4.69) is 31.1 Å². The first kappa shape index (κ1) is 11.6. The van der Waals surface area contributed by atoms with Crippen molar-refractivity contribution in [3.8, 4) is 11.4 Å². The van der Waals surface area contributed by atoms with Gasteiger partial charge in [-0.2, -0.15) is 0 Å². The molecule has 0 bridgehead atoms. The van der Waals surface area contributed by atoms with Gasteiger partial charge in [-0.25, -0.2) is 4.98 Å². The van der Waals surface area contributed by atoms with E-state index in [1.54, 1.807) is 11.8 Å². The number of benzene rings is 1. The molecule has 0 unspecified atom stereocenters. The summed E-state index contributed by atoms with van der Waals surface area (Å²) in [5.41, 5.74) is 6.43. The minimum atomic E-state index is 0.629. The van der Waals surface area contributed by atoms with Crippen molar-refractivity contribution in [2.24, 2.45) is 5.73 Å². The number of aromatic nitrogens is 3. The van der Waals surface area contributed by atoms with E-state index >= 15 is 0 Å². The number of hydrogen-bond acceptors (Lipinski definition) is 4. The third-order valence-corrected chi connectivity index (χ3v) is 3.51. The Morgan fingerprint density at radius 2 is 2.19 bits per heavy atom. The van der Waals surface area contributed by atoms with Crippen molar-refractivity contribution >= 4 is 27.7 Å². The summed E-state index contributed by atoms with van der Waals surface area (Å²) in [5, 5.41) is 7.77. The van der Waals surface area contributed by atoms with Gasteiger partial charge in [0.1, 0.15) is 0 Å². The van der Waals surface area contributed by atoms with E-state index in [0.29, 0.717) is 6.54 Å². The van der Waals surface area contributed by atoms with Crippen LogP contribution < -0.4 is 5.73 Å². The Morgan fingerprint density at radius 1 is 1.38 bits per heavy atom. The molecule has 2 rings (SSSR count). The average molecular weight is 299 g/mol. The second-order valence-electron chi connectivity index (χ2n) is 3.08. The van der Waals surface area contributed by atoms with E-state index in [-0.39, 0.29) is 0 Å². The fourth-order valence-corrected chi connectivity index (χ4v) is 2.27. The fraction of sp³-hybridized carbons (Fsp3) is 0.200. The molecule has 0 radical (unpaired) electrons. The molecular formula is C10H11BrN4S. The molecule has 0 aliphatic heterocycles. The summed E-state index contributed by atoms with van der Waals surface area (Å²) in [6, 6.07) is 7.90. The Balaban J connectivity index is 2.22. The highest BCUT2D eigenvalue weighted by atomic mass is 79.9. The number of nitrogens with zero attached hydrogens (tertiary/aromatic N) is 2. The number of rotatable bonds is 4. The molecule has 1 aromatic heterocycles. The van der Waals surface area contributed by atoms with Crippen LogP contribution in [0.1, 0.15) is 0 Å². The first-order valence-corrected chi connectivity index (χ1v) is 6.59. The zero-order chi connectivity index (χ0) is 11.4. The number of nitrogens with two attached hydrogens (primary N) is 1. The van der Waals surface area contributed by atoms with E-state index < -0.39 is 0 Å². The molecule has 0 amide bonds. The summed E-state index contributed by atoms with van der Waals surface area (Å²) in [6.45, 7) is 0.629. The number of aromatic amines is 1. The highest BCUT2D eigenvalue weighted by Crippen LogP contribution is 2.26. The summed E-state index contributed by atoms with van der Waals surface area (Å²) in [5.74, 6) is 1.60. The van der Waals surface area contributed by atoms with Gasteiger partial charge in [0.15, 0.2) is 5.82 Å². The Labute approximate surface area is 106 Å². The first-order chi connectivity index (χ1) is 7.81. The zero-order valence-corrected chi connectivity index (χ0v) is 10.9. The lowest BCUT2D eigenvalue weighted by atomic mass is 10.2. The van der Waals surface area contributed by atoms with Crippen LogP contribution in [0.15, 0.2) is 33.9 Å². The van der Waals surface area contributed by atoms with Gasteiger partial charge in [0.25, 0.3) is 0 Å². The number of H-pyrrole nitrogens is 1. The minimum Gasteiger partial charge on any atom is -0.330 e. The van der Waals surface area contributed by atoms with Crippen molar-refractivity contribution in [2.75, 3.05) is 12.3 Å². The van der Waals surface area contributed by atoms with E-state index in [0.717, 1.165) is 26.8 Å². The van der Waals surface area contributed by atoms with Crippen molar-refractivity contribution < 1.29 is 0 Å². The van der Waals surface area contributed by atoms with Gasteiger partial charge in [-0.1, -0.05) is 45.9 Å². The maximum atomic E-state index is 5.42. The molecule has 0 aliphatic rings. The lowest BCUT2D eigenvalue weighted by Crippen LogP contribution is -2.01. The molecule has 84 valence electrons. The third kappa shape index (κ3) is 2.63. The van der Waals surface area contributed by atoms with Crippen LogP contribution in [-0.2, 0) is 0 Å². The molecule has 16 heavy (non-hydrogen) atoms. The Bertz CT molecular complexity index is 471. The van der Waals surface area contributed by atoms with Crippen molar-refractivity contribution in [3.63, 3.8) is 0 Å². The molecule has 4 nitrogen and oxygen atoms in total. The maximum Gasteiger partial charge on any atom is 0.208 e. The smallest absolute Gasteiger partial charge is 0.208 e. The van der Waals surface area contributed by atoms with Crippen LogP contribution in [0.25, 0.3) is 11.4 Å². The Hall–Kier alpha value is -0.850. The van der Waals surface area contributed by atoms with Gasteiger partial charge in [0, 0.05) is 22.3 Å². The van der Waals surface area contributed by atoms with Crippen LogP contribution >= 0.6 is 27.7 Å². The molecule has 0 atom stereocenters. The monoisotopic (exact) mass is 298 g/mol. The van der Waals surface area contributed by atoms with Crippen LogP contribution in [0, 0.1) is 0 Å². The van der Waals surface area contributed by atoms with E-state index in [1.165, 1.54) is 0 Å². The van der Waals surface area contributed by atoms with Crippen molar-refractivity contribution in [2.45, 2.75) is 5.16 Å². The predicted octanol–water partition coefficient (Wildman–Crippen LogP) is 2.29. The van der Waals surface area contributed by atoms with Gasteiger partial charge in [0.2, 0.25) is 5.16 Å². The lowest BCUT2D eigenvalue weighted by molar-refractivity contribution is 0.971. The maximum absolute atomic E-state index is 5.42. The summed E-state index contributed by atoms with van der Waals surface area (Å²) in [7, 11) is 0. The van der Waals surface area contributed by atoms with E-state index in [9.17, 15) is 0 Å². The second-order valence-corrected chi connectivity index (χ2v) is 5.00. The normalized spacial score (nSPS) is 10.6. The summed E-state index contributed by atoms with van der Waals surface area (Å²) in [4.78, 5) is 4.39. The molecule has 6 heteroatoms. The molecule has 0 saturated heterocycles. The van der Waals surface area contributed by atoms with Gasteiger partial charge < -0.3 is 5.73 Å². The summed E-state index contributed by atoms with van der Waals surface area (Å²) in [6.07, 6.45) is 0. The standard InChI is InChI=1S/C10H11BrN4S/c11-8-4-2-1-3-7(8)9-13-10(15-14-9)16-6-5-12/h1-4H,5-6,12H2,(H,13,14,15). The van der Waals surface area contributed by atoms with Gasteiger partial charge in [-0.15, -0.1) is 5.10 Å². The molecule has 1 aromatic carbocycles. The second kappa shape index (κ2) is 5.47. The highest BCUT2D eigenvalue weighted by molar-refractivity contribution is 9.10. The topological polar surface area (TPSA) is 67.6 Å². The van der Waals surface area contributed by atoms with Crippen LogP contribution in [-0.4, -0.2) is 27.5 Å². The number of hydrogen-bond donors (Lipinski definition) is 2. The van der Waals surface area contributed by atoms with Crippen LogP contribution in [0.5, 0.6) is 0 Å². The lowest BCUT2D eigenvalue weighted by Gasteiger charge is -1.98. The summed E-state index contributed by atoms with van der Waals surface area (Å²) < 4.78 is 1.00. The van der Waals surface area contributed by atoms with Crippen molar-refractivity contribution in [3.05, 3.63) is 28.7 Å². The largest absolute Gasteiger partial charge is 0.330 e. The Morgan fingerprint density at radius 3 is 2.94 bits per heavy atom. The van der Waals surface area contributed by atoms with Crippen molar-refractivity contribution in [1.82, 2.24) is 15.2 Å². The molecule has 0 spiro atoms. The third-order valence-electron chi connectivity index (χ3n) is 1.94. The van der Waals surface area contributed by atoms with Gasteiger partial charge in [-0.3, -0.25) is 5.10 Å². The zero-order valence-electron chi connectivity index (χ0n) is 8.48. The molecule has 1 heterocycles. The van der Waals surface area contributed by atoms with Crippen LogP contribution in [0.3, 0.4) is 0 Å². The summed E-state index contributed by atoms with van der Waals surface area (Å²) >= 11 is 5.03. The van der Waals surface area contributed by atoms with Gasteiger partial charge in [-0.05, 0) is 6.07 Å². The predicted molar refractivity (Wildman–Crippen MR) is 69.3 cm³/mol.